The van der Waals surface area contributed by atoms with Crippen molar-refractivity contribution < 1.29 is 13.2 Å². The van der Waals surface area contributed by atoms with E-state index in [9.17, 15) is 22.8 Å². The maximum Gasteiger partial charge on any atom is 0.416 e. The molecule has 36 heavy (non-hydrogen) atoms. The third-order valence-electron chi connectivity index (χ3n) is 5.68. The Kier molecular flexibility index (Phi) is 6.66. The number of alkyl halides is 3. The summed E-state index contributed by atoms with van der Waals surface area (Å²) in [6.07, 6.45) is -3.06. The number of hydrogen-bond donors (Lipinski definition) is 0. The van der Waals surface area contributed by atoms with Crippen molar-refractivity contribution in [2.75, 3.05) is 0 Å². The Labute approximate surface area is 217 Å². The highest BCUT2D eigenvalue weighted by Gasteiger charge is 2.31. The molecular formula is C25H19F3IN5O2. The van der Waals surface area contributed by atoms with Crippen LogP contribution in [0.3, 0.4) is 0 Å². The molecule has 0 bridgehead atoms. The minimum atomic E-state index is -4.60. The maximum absolute atomic E-state index is 13.7. The molecule has 2 heterocycles. The average Bonchev–Trinajstić information content (AvgIpc) is 3.19. The van der Waals surface area contributed by atoms with Gasteiger partial charge in [0.15, 0.2) is 0 Å². The van der Waals surface area contributed by atoms with Gasteiger partial charge in [-0.15, -0.1) is 0 Å². The van der Waals surface area contributed by atoms with Crippen molar-refractivity contribution in [2.45, 2.75) is 33.0 Å². The van der Waals surface area contributed by atoms with E-state index in [1.54, 1.807) is 44.3 Å². The number of halogens is 4. The van der Waals surface area contributed by atoms with Crippen molar-refractivity contribution in [3.05, 3.63) is 96.0 Å². The molecule has 0 aliphatic carbocycles. The number of benzene rings is 2. The lowest BCUT2D eigenvalue weighted by Gasteiger charge is -2.20. The topological polar surface area (TPSA) is 85.6 Å². The second-order valence-electron chi connectivity index (χ2n) is 8.31. The summed E-state index contributed by atoms with van der Waals surface area (Å²) in [6, 6.07) is 12.5. The molecule has 4 aromatic rings. The van der Waals surface area contributed by atoms with E-state index in [4.69, 9.17) is 5.26 Å². The van der Waals surface area contributed by atoms with Gasteiger partial charge in [0, 0.05) is 11.7 Å². The van der Waals surface area contributed by atoms with E-state index in [0.717, 1.165) is 21.3 Å². The first kappa shape index (κ1) is 25.4. The van der Waals surface area contributed by atoms with Gasteiger partial charge in [-0.25, -0.2) is 9.48 Å². The van der Waals surface area contributed by atoms with Crippen molar-refractivity contribution in [3.8, 4) is 28.7 Å². The van der Waals surface area contributed by atoms with Gasteiger partial charge < -0.3 is 0 Å². The Bertz CT molecular complexity index is 1620. The third kappa shape index (κ3) is 4.37. The average molecular weight is 605 g/mol. The van der Waals surface area contributed by atoms with Crippen molar-refractivity contribution in [1.82, 2.24) is 18.9 Å². The normalized spacial score (nSPS) is 11.6. The summed E-state index contributed by atoms with van der Waals surface area (Å²) >= 11 is 2.02. The lowest BCUT2D eigenvalue weighted by molar-refractivity contribution is -0.137. The highest BCUT2D eigenvalue weighted by molar-refractivity contribution is 14.1. The fourth-order valence-electron chi connectivity index (χ4n) is 4.01. The van der Waals surface area contributed by atoms with Gasteiger partial charge in [0.1, 0.15) is 0 Å². The van der Waals surface area contributed by atoms with E-state index in [0.29, 0.717) is 20.5 Å². The Balaban J connectivity index is 2.08. The zero-order chi connectivity index (χ0) is 26.4. The molecule has 0 saturated heterocycles. The van der Waals surface area contributed by atoms with Gasteiger partial charge >= 0.3 is 11.9 Å². The zero-order valence-corrected chi connectivity index (χ0v) is 21.5. The first-order chi connectivity index (χ1) is 17.0. The van der Waals surface area contributed by atoms with Crippen LogP contribution in [-0.4, -0.2) is 18.9 Å². The zero-order valence-electron chi connectivity index (χ0n) is 19.3. The van der Waals surface area contributed by atoms with Crippen molar-refractivity contribution in [3.63, 3.8) is 0 Å². The number of nitriles is 1. The van der Waals surface area contributed by atoms with Crippen LogP contribution < -0.4 is 11.2 Å². The van der Waals surface area contributed by atoms with Crippen LogP contribution in [0.2, 0.25) is 0 Å². The predicted molar refractivity (Wildman–Crippen MR) is 136 cm³/mol. The Morgan fingerprint density at radius 3 is 2.31 bits per heavy atom. The van der Waals surface area contributed by atoms with Crippen LogP contribution in [0.15, 0.2) is 64.3 Å². The molecule has 0 spiro atoms. The van der Waals surface area contributed by atoms with E-state index in [1.807, 2.05) is 28.7 Å². The standard InChI is InChI=1S/C25H19F3IN5O2/c1-14(2)32-23(35)21(22-20(29)13-31-34(22)18-9-7-16(12-30)8-10-18)15(3)33(24(32)36)19-6-4-5-17(11-19)25(26,27)28/h4-11,13-14H,1-3H3. The van der Waals surface area contributed by atoms with E-state index < -0.39 is 29.0 Å². The predicted octanol–water partition coefficient (Wildman–Crippen LogP) is 5.24. The number of rotatable bonds is 4. The van der Waals surface area contributed by atoms with E-state index >= 15 is 0 Å². The molecule has 2 aromatic carbocycles. The number of aromatic nitrogens is 4. The Hall–Kier alpha value is -3.66. The monoisotopic (exact) mass is 605 g/mol. The van der Waals surface area contributed by atoms with Crippen LogP contribution in [0.4, 0.5) is 13.2 Å². The van der Waals surface area contributed by atoms with Crippen molar-refractivity contribution in [2.24, 2.45) is 0 Å². The molecule has 2 aromatic heterocycles. The van der Waals surface area contributed by atoms with Crippen LogP contribution in [0.25, 0.3) is 22.6 Å². The van der Waals surface area contributed by atoms with Crippen LogP contribution >= 0.6 is 22.6 Å². The SMILES string of the molecule is Cc1c(-c2c(I)cnn2-c2ccc(C#N)cc2)c(=O)n(C(C)C)c(=O)n1-c1cccc(C(F)(F)F)c1. The van der Waals surface area contributed by atoms with Gasteiger partial charge in [-0.1, -0.05) is 6.07 Å². The van der Waals surface area contributed by atoms with Crippen LogP contribution in [0.1, 0.15) is 36.7 Å². The maximum atomic E-state index is 13.7. The fraction of sp³-hybridized carbons (Fsp3) is 0.200. The number of hydrogen-bond acceptors (Lipinski definition) is 4. The van der Waals surface area contributed by atoms with Crippen molar-refractivity contribution >= 4 is 22.6 Å². The van der Waals surface area contributed by atoms with Gasteiger partial charge in [-0.3, -0.25) is 13.9 Å². The van der Waals surface area contributed by atoms with Gasteiger partial charge in [0.25, 0.3) is 5.56 Å². The largest absolute Gasteiger partial charge is 0.416 e. The molecule has 0 unspecified atom stereocenters. The first-order valence-electron chi connectivity index (χ1n) is 10.8. The van der Waals surface area contributed by atoms with E-state index in [1.165, 1.54) is 23.7 Å². The third-order valence-corrected chi connectivity index (χ3v) is 6.47. The molecule has 0 aliphatic rings. The van der Waals surface area contributed by atoms with Gasteiger partial charge in [-0.05, 0) is 85.8 Å². The minimum Gasteiger partial charge on any atom is -0.268 e. The summed E-state index contributed by atoms with van der Waals surface area (Å²) in [6.45, 7) is 4.83. The summed E-state index contributed by atoms with van der Waals surface area (Å²) in [5.41, 5.74) is -0.537. The van der Waals surface area contributed by atoms with Crippen LogP contribution in [-0.2, 0) is 6.18 Å². The highest BCUT2D eigenvalue weighted by Crippen LogP contribution is 2.32. The summed E-state index contributed by atoms with van der Waals surface area (Å²) in [4.78, 5) is 27.1. The quantitative estimate of drug-likeness (QED) is 0.298. The Morgan fingerprint density at radius 2 is 1.72 bits per heavy atom. The second kappa shape index (κ2) is 9.42. The molecule has 0 amide bonds. The fourth-order valence-corrected chi connectivity index (χ4v) is 4.63. The summed E-state index contributed by atoms with van der Waals surface area (Å²) in [7, 11) is 0. The van der Waals surface area contributed by atoms with Gasteiger partial charge in [-0.2, -0.15) is 23.5 Å². The Morgan fingerprint density at radius 1 is 1.06 bits per heavy atom. The molecule has 7 nitrogen and oxygen atoms in total. The molecule has 0 radical (unpaired) electrons. The molecule has 0 atom stereocenters. The molecule has 0 N–H and O–H groups in total. The van der Waals surface area contributed by atoms with E-state index in [2.05, 4.69) is 5.10 Å². The summed E-state index contributed by atoms with van der Waals surface area (Å²) in [5.74, 6) is 0. The van der Waals surface area contributed by atoms with Gasteiger partial charge in [0.2, 0.25) is 0 Å². The molecule has 184 valence electrons. The van der Waals surface area contributed by atoms with Gasteiger partial charge in [0.05, 0.1) is 49.6 Å². The molecule has 0 fully saturated rings. The molecule has 0 saturated carbocycles. The highest BCUT2D eigenvalue weighted by atomic mass is 127. The minimum absolute atomic E-state index is 0.0116. The van der Waals surface area contributed by atoms with E-state index in [-0.39, 0.29) is 16.9 Å². The number of nitrogens with zero attached hydrogens (tertiary/aromatic N) is 5. The second-order valence-corrected chi connectivity index (χ2v) is 9.47. The van der Waals surface area contributed by atoms with Crippen molar-refractivity contribution in [1.29, 1.82) is 5.26 Å². The van der Waals surface area contributed by atoms with Crippen LogP contribution in [0.5, 0.6) is 0 Å². The lowest BCUT2D eigenvalue weighted by Crippen LogP contribution is -2.42. The smallest absolute Gasteiger partial charge is 0.268 e. The molecule has 0 aliphatic heterocycles. The lowest BCUT2D eigenvalue weighted by atomic mass is 10.1. The molecule has 4 rings (SSSR count). The first-order valence-corrected chi connectivity index (χ1v) is 11.8. The van der Waals surface area contributed by atoms with Crippen LogP contribution in [0, 0.1) is 21.8 Å². The molecule has 11 heteroatoms. The molecular weight excluding hydrogens is 586 g/mol. The summed E-state index contributed by atoms with van der Waals surface area (Å²) < 4.78 is 44.6. The summed E-state index contributed by atoms with van der Waals surface area (Å²) in [5, 5.41) is 13.5.